The van der Waals surface area contributed by atoms with Crippen molar-refractivity contribution in [2.45, 2.75) is 57.2 Å². The number of furan rings is 1. The zero-order chi connectivity index (χ0) is 25.9. The molecule has 190 valence electrons. The van der Waals surface area contributed by atoms with Gasteiger partial charge in [-0.15, -0.1) is 11.8 Å². The summed E-state index contributed by atoms with van der Waals surface area (Å²) in [4.78, 5) is 61.8. The Bertz CT molecular complexity index is 1050. The first-order valence-corrected chi connectivity index (χ1v) is 11.8. The fourth-order valence-electron chi connectivity index (χ4n) is 3.56. The molecule has 3 atom stereocenters. The van der Waals surface area contributed by atoms with Crippen LogP contribution in [0.5, 0.6) is 0 Å². The molecule has 3 rings (SSSR count). The molecule has 35 heavy (non-hydrogen) atoms. The van der Waals surface area contributed by atoms with Crippen LogP contribution in [-0.2, 0) is 28.7 Å². The second-order valence-electron chi connectivity index (χ2n) is 8.91. The highest BCUT2D eigenvalue weighted by molar-refractivity contribution is 8.00. The number of hydrogen-bond donors (Lipinski definition) is 3. The van der Waals surface area contributed by atoms with Gasteiger partial charge in [0, 0.05) is 18.2 Å². The molecule has 3 heterocycles. The van der Waals surface area contributed by atoms with Crippen LogP contribution in [0.1, 0.15) is 45.9 Å². The van der Waals surface area contributed by atoms with Crippen molar-refractivity contribution in [3.63, 3.8) is 0 Å². The summed E-state index contributed by atoms with van der Waals surface area (Å²) in [5, 5.41) is 14.2. The number of esters is 1. The Morgan fingerprint density at radius 3 is 2.60 bits per heavy atom. The molecule has 1 aromatic rings. The lowest BCUT2D eigenvalue weighted by molar-refractivity contribution is -0.151. The molecular formula is C22H27N3O9S. The molecule has 2 unspecified atom stereocenters. The van der Waals surface area contributed by atoms with Crippen molar-refractivity contribution in [3.8, 4) is 0 Å². The van der Waals surface area contributed by atoms with E-state index in [1.807, 2.05) is 0 Å². The van der Waals surface area contributed by atoms with Crippen LogP contribution in [0.2, 0.25) is 0 Å². The number of amides is 3. The Hall–Kier alpha value is -3.48. The summed E-state index contributed by atoms with van der Waals surface area (Å²) in [6, 6.07) is 1.40. The number of carbonyl (C=O) groups excluding carboxylic acids is 4. The maximum absolute atomic E-state index is 12.8. The minimum absolute atomic E-state index is 0.213. The van der Waals surface area contributed by atoms with Gasteiger partial charge in [0.25, 0.3) is 5.91 Å². The number of carbonyl (C=O) groups is 5. The van der Waals surface area contributed by atoms with Gasteiger partial charge in [0.05, 0.1) is 18.7 Å². The Kier molecular flexibility index (Phi) is 7.78. The standard InChI is InChI=1S/C22H27N3O9S/c1-11(26)33-9-12-10-35-19-16(18(28)25(19)17(12)20(29)30)24-15(27)8-13(14-6-5-7-32-14)23-21(31)34-22(2,3)4/h5-7,13,16,19H,8-10H2,1-4H3,(H,23,31)(H,24,27)(H,29,30)/t13?,16?,19-/m1/s1. The van der Waals surface area contributed by atoms with Crippen molar-refractivity contribution in [1.29, 1.82) is 0 Å². The first-order valence-electron chi connectivity index (χ1n) is 10.7. The molecule has 0 spiro atoms. The number of hydrogen-bond acceptors (Lipinski definition) is 9. The fraction of sp³-hybridized carbons (Fsp3) is 0.500. The number of nitrogens with one attached hydrogen (secondary N) is 2. The van der Waals surface area contributed by atoms with E-state index >= 15 is 0 Å². The lowest BCUT2D eigenvalue weighted by Crippen LogP contribution is -2.70. The van der Waals surface area contributed by atoms with E-state index in [1.54, 1.807) is 32.9 Å². The van der Waals surface area contributed by atoms with Gasteiger partial charge in [-0.05, 0) is 32.9 Å². The highest BCUT2D eigenvalue weighted by Gasteiger charge is 2.54. The SMILES string of the molecule is CC(=O)OCC1=C(C(=O)O)N2C(=O)C(NC(=O)CC(NC(=O)OC(C)(C)C)c3ccco3)[C@H]2SC1. The lowest BCUT2D eigenvalue weighted by atomic mass is 10.0. The molecule has 12 nitrogen and oxygen atoms in total. The molecule has 0 saturated carbocycles. The van der Waals surface area contributed by atoms with E-state index in [-0.39, 0.29) is 24.5 Å². The predicted molar refractivity (Wildman–Crippen MR) is 122 cm³/mol. The second kappa shape index (κ2) is 10.4. The number of carboxylic acids is 1. The van der Waals surface area contributed by atoms with Crippen LogP contribution in [0, 0.1) is 0 Å². The summed E-state index contributed by atoms with van der Waals surface area (Å²) < 4.78 is 15.5. The van der Waals surface area contributed by atoms with Gasteiger partial charge in [-0.2, -0.15) is 0 Å². The van der Waals surface area contributed by atoms with E-state index in [9.17, 15) is 29.1 Å². The van der Waals surface area contributed by atoms with E-state index in [0.29, 0.717) is 11.3 Å². The minimum Gasteiger partial charge on any atom is -0.477 e. The summed E-state index contributed by atoms with van der Waals surface area (Å²) >= 11 is 1.25. The van der Waals surface area contributed by atoms with Gasteiger partial charge in [-0.25, -0.2) is 9.59 Å². The van der Waals surface area contributed by atoms with Crippen LogP contribution in [0.25, 0.3) is 0 Å². The van der Waals surface area contributed by atoms with Crippen molar-refractivity contribution in [2.24, 2.45) is 0 Å². The quantitative estimate of drug-likeness (QED) is 0.346. The lowest BCUT2D eigenvalue weighted by Gasteiger charge is -2.49. The van der Waals surface area contributed by atoms with Crippen molar-refractivity contribution in [2.75, 3.05) is 12.4 Å². The molecule has 2 aliphatic rings. The largest absolute Gasteiger partial charge is 0.477 e. The van der Waals surface area contributed by atoms with Crippen molar-refractivity contribution < 1.29 is 43.0 Å². The van der Waals surface area contributed by atoms with E-state index in [4.69, 9.17) is 13.9 Å². The van der Waals surface area contributed by atoms with E-state index < -0.39 is 52.9 Å². The summed E-state index contributed by atoms with van der Waals surface area (Å²) in [5.41, 5.74) is -0.693. The molecule has 1 saturated heterocycles. The predicted octanol–water partition coefficient (Wildman–Crippen LogP) is 1.54. The number of carboxylic acid groups (broad SMARTS) is 1. The third-order valence-corrected chi connectivity index (χ3v) is 6.32. The van der Waals surface area contributed by atoms with E-state index in [0.717, 1.165) is 4.90 Å². The second-order valence-corrected chi connectivity index (χ2v) is 10.0. The third kappa shape index (κ3) is 6.35. The van der Waals surface area contributed by atoms with Crippen molar-refractivity contribution in [1.82, 2.24) is 15.5 Å². The van der Waals surface area contributed by atoms with Crippen LogP contribution >= 0.6 is 11.8 Å². The van der Waals surface area contributed by atoms with Crippen molar-refractivity contribution >= 4 is 41.6 Å². The molecular weight excluding hydrogens is 482 g/mol. The number of ether oxygens (including phenoxy) is 2. The van der Waals surface area contributed by atoms with E-state index in [1.165, 1.54) is 24.9 Å². The summed E-state index contributed by atoms with van der Waals surface area (Å²) in [5.74, 6) is -2.50. The van der Waals surface area contributed by atoms with Gasteiger partial charge in [0.2, 0.25) is 5.91 Å². The van der Waals surface area contributed by atoms with Crippen LogP contribution in [0.4, 0.5) is 4.79 Å². The average molecular weight is 510 g/mol. The van der Waals surface area contributed by atoms with Gasteiger partial charge >= 0.3 is 18.0 Å². The summed E-state index contributed by atoms with van der Waals surface area (Å²) in [6.07, 6.45) is 0.417. The van der Waals surface area contributed by atoms with Gasteiger partial charge in [-0.3, -0.25) is 19.3 Å². The Morgan fingerprint density at radius 1 is 1.31 bits per heavy atom. The zero-order valence-electron chi connectivity index (χ0n) is 19.7. The van der Waals surface area contributed by atoms with Crippen LogP contribution in [-0.4, -0.2) is 69.2 Å². The molecule has 1 fully saturated rings. The van der Waals surface area contributed by atoms with E-state index in [2.05, 4.69) is 10.6 Å². The molecule has 0 aromatic carbocycles. The fourth-order valence-corrected chi connectivity index (χ4v) is 4.89. The Morgan fingerprint density at radius 2 is 2.03 bits per heavy atom. The Balaban J connectivity index is 1.67. The van der Waals surface area contributed by atoms with Gasteiger partial charge in [-0.1, -0.05) is 0 Å². The molecule has 0 radical (unpaired) electrons. The number of thioether (sulfide) groups is 1. The molecule has 3 amide bonds. The number of alkyl carbamates (subject to hydrolysis) is 1. The Labute approximate surface area is 205 Å². The number of rotatable bonds is 8. The smallest absolute Gasteiger partial charge is 0.408 e. The maximum atomic E-state index is 12.8. The van der Waals surface area contributed by atoms with Crippen LogP contribution in [0.15, 0.2) is 34.1 Å². The molecule has 0 bridgehead atoms. The highest BCUT2D eigenvalue weighted by atomic mass is 32.2. The van der Waals surface area contributed by atoms with Gasteiger partial charge in [0.15, 0.2) is 0 Å². The molecule has 0 aliphatic carbocycles. The monoisotopic (exact) mass is 509 g/mol. The highest BCUT2D eigenvalue weighted by Crippen LogP contribution is 2.40. The van der Waals surface area contributed by atoms with Gasteiger partial charge < -0.3 is 29.6 Å². The molecule has 3 N–H and O–H groups in total. The number of fused-ring (bicyclic) bond motifs is 1. The topological polar surface area (TPSA) is 164 Å². The third-order valence-electron chi connectivity index (χ3n) is 4.98. The minimum atomic E-state index is -1.32. The first kappa shape index (κ1) is 26.1. The van der Waals surface area contributed by atoms with Gasteiger partial charge in [0.1, 0.15) is 35.1 Å². The average Bonchev–Trinajstić information content (AvgIpc) is 3.28. The molecule has 1 aromatic heterocycles. The summed E-state index contributed by atoms with van der Waals surface area (Å²) in [7, 11) is 0. The zero-order valence-corrected chi connectivity index (χ0v) is 20.5. The first-order chi connectivity index (χ1) is 16.4. The number of nitrogens with zero attached hydrogens (tertiary/aromatic N) is 1. The van der Waals surface area contributed by atoms with Crippen molar-refractivity contribution in [3.05, 3.63) is 35.4 Å². The molecule has 2 aliphatic heterocycles. The number of β-lactam (4-membered cyclic amide) rings is 1. The molecule has 13 heteroatoms. The summed E-state index contributed by atoms with van der Waals surface area (Å²) in [6.45, 7) is 6.07. The van der Waals surface area contributed by atoms with Crippen LogP contribution in [0.3, 0.4) is 0 Å². The number of aliphatic carboxylic acids is 1. The normalized spacial score (nSPS) is 20.3. The van der Waals surface area contributed by atoms with Crippen LogP contribution < -0.4 is 10.6 Å². The maximum Gasteiger partial charge on any atom is 0.408 e.